The van der Waals surface area contributed by atoms with Crippen LogP contribution >= 0.6 is 15.9 Å². The van der Waals surface area contributed by atoms with Crippen molar-refractivity contribution >= 4 is 27.5 Å². The van der Waals surface area contributed by atoms with Gasteiger partial charge >= 0.3 is 0 Å². The molecule has 146 valence electrons. The second-order valence-corrected chi connectivity index (χ2v) is 9.98. The Bertz CT molecular complexity index is 824. The van der Waals surface area contributed by atoms with Gasteiger partial charge in [-0.2, -0.15) is 0 Å². The number of nitrogens with one attached hydrogen (secondary N) is 1. The average Bonchev–Trinajstić information content (AvgIpc) is 2.67. The van der Waals surface area contributed by atoms with Crippen molar-refractivity contribution in [3.8, 4) is 5.75 Å². The van der Waals surface area contributed by atoms with Gasteiger partial charge in [0, 0.05) is 10.2 Å². The Balaban J connectivity index is 1.21. The highest BCUT2D eigenvalue weighted by Gasteiger charge is 2.51. The van der Waals surface area contributed by atoms with Crippen molar-refractivity contribution in [2.75, 3.05) is 11.9 Å². The quantitative estimate of drug-likeness (QED) is 0.626. The highest BCUT2D eigenvalue weighted by molar-refractivity contribution is 9.10. The second kappa shape index (κ2) is 7.22. The number of halogens is 1. The Morgan fingerprint density at radius 3 is 2.07 bits per heavy atom. The van der Waals surface area contributed by atoms with Crippen LogP contribution in [-0.4, -0.2) is 12.5 Å². The second-order valence-electron chi connectivity index (χ2n) is 9.07. The Kier molecular flexibility index (Phi) is 4.70. The third kappa shape index (κ3) is 3.59. The third-order valence-corrected chi connectivity index (χ3v) is 7.53. The smallest absolute Gasteiger partial charge is 0.262 e. The van der Waals surface area contributed by atoms with Crippen LogP contribution in [0.2, 0.25) is 0 Å². The zero-order valence-corrected chi connectivity index (χ0v) is 17.6. The lowest BCUT2D eigenvalue weighted by molar-refractivity contribution is -0.118. The zero-order valence-electron chi connectivity index (χ0n) is 16.0. The van der Waals surface area contributed by atoms with Crippen LogP contribution in [0.5, 0.6) is 5.75 Å². The molecule has 2 aromatic rings. The molecule has 28 heavy (non-hydrogen) atoms. The van der Waals surface area contributed by atoms with Gasteiger partial charge in [0.2, 0.25) is 0 Å². The first-order chi connectivity index (χ1) is 13.6. The minimum absolute atomic E-state index is 0.0123. The van der Waals surface area contributed by atoms with Gasteiger partial charge in [-0.15, -0.1) is 0 Å². The molecule has 1 amide bonds. The van der Waals surface area contributed by atoms with Crippen molar-refractivity contribution in [3.05, 3.63) is 58.6 Å². The van der Waals surface area contributed by atoms with Crippen LogP contribution in [0.15, 0.2) is 53.0 Å². The molecule has 4 bridgehead atoms. The van der Waals surface area contributed by atoms with Gasteiger partial charge in [0.25, 0.3) is 5.91 Å². The average molecular weight is 440 g/mol. The maximum atomic E-state index is 12.2. The summed E-state index contributed by atoms with van der Waals surface area (Å²) >= 11 is 3.39. The first-order valence-electron chi connectivity index (χ1n) is 10.4. The molecule has 0 atom stereocenters. The van der Waals surface area contributed by atoms with Gasteiger partial charge in [-0.3, -0.25) is 4.79 Å². The van der Waals surface area contributed by atoms with Crippen LogP contribution < -0.4 is 10.1 Å². The Morgan fingerprint density at radius 1 is 0.929 bits per heavy atom. The largest absolute Gasteiger partial charge is 0.484 e. The summed E-state index contributed by atoms with van der Waals surface area (Å²) < 4.78 is 6.54. The highest BCUT2D eigenvalue weighted by atomic mass is 79.9. The van der Waals surface area contributed by atoms with E-state index in [0.717, 1.165) is 27.9 Å². The molecule has 6 rings (SSSR count). The molecule has 1 N–H and O–H groups in total. The molecular weight excluding hydrogens is 414 g/mol. The lowest BCUT2D eigenvalue weighted by Crippen LogP contribution is -2.48. The SMILES string of the molecule is O=C(COc1ccc(Br)cc1)Nc1ccc(C23CC4CC(CC(C4)C2)C3)cc1. The number of carbonyl (C=O) groups is 1. The van der Waals surface area contributed by atoms with Gasteiger partial charge in [0.1, 0.15) is 5.75 Å². The number of amides is 1. The summed E-state index contributed by atoms with van der Waals surface area (Å²) in [6, 6.07) is 16.1. The van der Waals surface area contributed by atoms with Crippen molar-refractivity contribution in [1.29, 1.82) is 0 Å². The van der Waals surface area contributed by atoms with Gasteiger partial charge in [-0.1, -0.05) is 28.1 Å². The zero-order chi connectivity index (χ0) is 19.1. The molecular formula is C24H26BrNO2. The van der Waals surface area contributed by atoms with Crippen molar-refractivity contribution in [3.63, 3.8) is 0 Å². The number of carbonyl (C=O) groups excluding carboxylic acids is 1. The van der Waals surface area contributed by atoms with E-state index in [-0.39, 0.29) is 12.5 Å². The molecule has 4 aliphatic carbocycles. The highest BCUT2D eigenvalue weighted by Crippen LogP contribution is 2.60. The molecule has 0 aromatic heterocycles. The number of hydrogen-bond acceptors (Lipinski definition) is 2. The van der Waals surface area contributed by atoms with E-state index in [9.17, 15) is 4.79 Å². The van der Waals surface area contributed by atoms with Gasteiger partial charge in [-0.25, -0.2) is 0 Å². The summed E-state index contributed by atoms with van der Waals surface area (Å²) in [5.41, 5.74) is 2.73. The van der Waals surface area contributed by atoms with E-state index in [1.54, 1.807) is 0 Å². The fourth-order valence-corrected chi connectivity index (χ4v) is 6.51. The molecule has 4 heteroatoms. The molecule has 4 saturated carbocycles. The van der Waals surface area contributed by atoms with Gasteiger partial charge < -0.3 is 10.1 Å². The van der Waals surface area contributed by atoms with Gasteiger partial charge in [-0.05, 0) is 104 Å². The fraction of sp³-hybridized carbons (Fsp3) is 0.458. The van der Waals surface area contributed by atoms with Crippen molar-refractivity contribution in [2.45, 2.75) is 43.9 Å². The lowest BCUT2D eigenvalue weighted by Gasteiger charge is -2.57. The van der Waals surface area contributed by atoms with Crippen molar-refractivity contribution in [1.82, 2.24) is 0 Å². The monoisotopic (exact) mass is 439 g/mol. The van der Waals surface area contributed by atoms with Crippen LogP contribution in [0, 0.1) is 17.8 Å². The van der Waals surface area contributed by atoms with Crippen molar-refractivity contribution in [2.24, 2.45) is 17.8 Å². The first-order valence-corrected chi connectivity index (χ1v) is 11.2. The number of hydrogen-bond donors (Lipinski definition) is 1. The Morgan fingerprint density at radius 2 is 1.50 bits per heavy atom. The van der Waals surface area contributed by atoms with E-state index < -0.39 is 0 Å². The molecule has 0 heterocycles. The molecule has 0 radical (unpaired) electrons. The minimum Gasteiger partial charge on any atom is -0.484 e. The molecule has 0 unspecified atom stereocenters. The molecule has 2 aromatic carbocycles. The fourth-order valence-electron chi connectivity index (χ4n) is 6.25. The van der Waals surface area contributed by atoms with Crippen LogP contribution in [0.4, 0.5) is 5.69 Å². The topological polar surface area (TPSA) is 38.3 Å². The standard InChI is InChI=1S/C24H26BrNO2/c25-20-3-7-22(8-4-20)28-15-23(27)26-21-5-1-19(2-6-21)24-12-16-9-17(13-24)11-18(10-16)14-24/h1-8,16-18H,9-15H2,(H,26,27). The number of rotatable bonds is 5. The summed E-state index contributed by atoms with van der Waals surface area (Å²) in [6.07, 6.45) is 8.49. The first kappa shape index (κ1) is 18.2. The normalized spacial score (nSPS) is 30.2. The molecule has 4 fully saturated rings. The van der Waals surface area contributed by atoms with Crippen molar-refractivity contribution < 1.29 is 9.53 Å². The van der Waals surface area contributed by atoms with E-state index >= 15 is 0 Å². The summed E-state index contributed by atoms with van der Waals surface area (Å²) in [4.78, 5) is 12.2. The molecule has 3 nitrogen and oxygen atoms in total. The van der Waals surface area contributed by atoms with E-state index in [4.69, 9.17) is 4.74 Å². The number of anilines is 1. The van der Waals surface area contributed by atoms with Crippen LogP contribution in [0.3, 0.4) is 0 Å². The predicted molar refractivity (Wildman–Crippen MR) is 115 cm³/mol. The maximum Gasteiger partial charge on any atom is 0.262 e. The third-order valence-electron chi connectivity index (χ3n) is 7.00. The molecule has 0 aliphatic heterocycles. The van der Waals surface area contributed by atoms with Crippen LogP contribution in [0.25, 0.3) is 0 Å². The van der Waals surface area contributed by atoms with E-state index in [1.807, 2.05) is 24.3 Å². The number of ether oxygens (including phenoxy) is 1. The lowest BCUT2D eigenvalue weighted by atomic mass is 9.48. The predicted octanol–water partition coefficient (Wildman–Crippen LogP) is 5.93. The van der Waals surface area contributed by atoms with E-state index in [2.05, 4.69) is 45.5 Å². The minimum atomic E-state index is -0.134. The Labute approximate surface area is 175 Å². The van der Waals surface area contributed by atoms with E-state index in [0.29, 0.717) is 11.2 Å². The molecule has 0 spiro atoms. The molecule has 4 aliphatic rings. The number of benzene rings is 2. The van der Waals surface area contributed by atoms with Gasteiger partial charge in [0.05, 0.1) is 0 Å². The van der Waals surface area contributed by atoms with Crippen LogP contribution in [-0.2, 0) is 10.2 Å². The maximum absolute atomic E-state index is 12.2. The Hall–Kier alpha value is -1.81. The summed E-state index contributed by atoms with van der Waals surface area (Å²) in [7, 11) is 0. The summed E-state index contributed by atoms with van der Waals surface area (Å²) in [6.45, 7) is 0.0123. The summed E-state index contributed by atoms with van der Waals surface area (Å²) in [5.74, 6) is 3.39. The van der Waals surface area contributed by atoms with Crippen LogP contribution in [0.1, 0.15) is 44.1 Å². The van der Waals surface area contributed by atoms with Gasteiger partial charge in [0.15, 0.2) is 6.61 Å². The molecule has 0 saturated heterocycles. The van der Waals surface area contributed by atoms with E-state index in [1.165, 1.54) is 44.1 Å². The summed E-state index contributed by atoms with van der Waals surface area (Å²) in [5, 5.41) is 2.95.